The largest absolute Gasteiger partial charge is 0.378 e. The van der Waals surface area contributed by atoms with E-state index in [4.69, 9.17) is 9.47 Å². The van der Waals surface area contributed by atoms with Gasteiger partial charge in [-0.15, -0.1) is 0 Å². The first kappa shape index (κ1) is 24.2. The summed E-state index contributed by atoms with van der Waals surface area (Å²) >= 11 is 0. The quantitative estimate of drug-likeness (QED) is 0.489. The van der Waals surface area contributed by atoms with Gasteiger partial charge in [0.25, 0.3) is 0 Å². The summed E-state index contributed by atoms with van der Waals surface area (Å²) in [5.74, 6) is 7.82. The molecule has 4 aliphatic rings. The molecule has 0 N–H and O–H groups in total. The molecule has 37 heavy (non-hydrogen) atoms. The van der Waals surface area contributed by atoms with Crippen LogP contribution in [0.5, 0.6) is 0 Å². The van der Waals surface area contributed by atoms with Crippen molar-refractivity contribution in [2.45, 2.75) is 50.2 Å². The Morgan fingerprint density at radius 1 is 1.00 bits per heavy atom. The second-order valence-corrected chi connectivity index (χ2v) is 11.0. The van der Waals surface area contributed by atoms with Gasteiger partial charge in [0.1, 0.15) is 11.7 Å². The topological polar surface area (TPSA) is 38.8 Å². The first-order chi connectivity index (χ1) is 18.0. The Morgan fingerprint density at radius 2 is 1.81 bits per heavy atom. The van der Waals surface area contributed by atoms with Crippen LogP contribution in [0.1, 0.15) is 55.8 Å². The molecule has 0 spiro atoms. The van der Waals surface area contributed by atoms with E-state index in [1.54, 1.807) is 0 Å². The second-order valence-electron chi connectivity index (χ2n) is 11.0. The second kappa shape index (κ2) is 9.97. The fraction of sp³-hybridized carbons (Fsp3) is 0.424. The fourth-order valence-corrected chi connectivity index (χ4v) is 6.84. The van der Waals surface area contributed by atoms with Gasteiger partial charge in [0.2, 0.25) is 0 Å². The van der Waals surface area contributed by atoms with Crippen LogP contribution in [0, 0.1) is 23.7 Å². The number of benzene rings is 2. The van der Waals surface area contributed by atoms with Crippen molar-refractivity contribution in [3.05, 3.63) is 88.5 Å². The van der Waals surface area contributed by atoms with Crippen molar-refractivity contribution in [3.8, 4) is 11.8 Å². The molecule has 2 aromatic carbocycles. The number of allylic oxidation sites excluding steroid dienone is 3. The van der Waals surface area contributed by atoms with Gasteiger partial charge >= 0.3 is 0 Å². The first-order valence-corrected chi connectivity index (χ1v) is 13.6. The van der Waals surface area contributed by atoms with Crippen molar-refractivity contribution in [1.29, 1.82) is 0 Å². The van der Waals surface area contributed by atoms with Crippen molar-refractivity contribution >= 4 is 11.5 Å². The number of carbonyl (C=O) groups excluding carboxylic acids is 1. The van der Waals surface area contributed by atoms with E-state index >= 15 is 0 Å². The van der Waals surface area contributed by atoms with Crippen LogP contribution in [-0.2, 0) is 14.3 Å². The molecule has 6 rings (SSSR count). The number of anilines is 1. The maximum Gasteiger partial charge on any atom is 0.156 e. The minimum absolute atomic E-state index is 0.124. The zero-order valence-electron chi connectivity index (χ0n) is 21.8. The number of hydrogen-bond acceptors (Lipinski definition) is 4. The van der Waals surface area contributed by atoms with E-state index in [0.29, 0.717) is 31.3 Å². The van der Waals surface area contributed by atoms with Crippen molar-refractivity contribution in [2.75, 3.05) is 32.2 Å². The van der Waals surface area contributed by atoms with Gasteiger partial charge in [-0.25, -0.2) is 0 Å². The molecule has 4 unspecified atom stereocenters. The normalized spacial score (nSPS) is 28.8. The van der Waals surface area contributed by atoms with E-state index in [2.05, 4.69) is 67.2 Å². The van der Waals surface area contributed by atoms with Crippen LogP contribution >= 0.6 is 0 Å². The Balaban J connectivity index is 1.41. The van der Waals surface area contributed by atoms with Gasteiger partial charge in [0.15, 0.2) is 5.78 Å². The molecule has 0 aromatic heterocycles. The van der Waals surface area contributed by atoms with Gasteiger partial charge in [0, 0.05) is 44.8 Å². The lowest BCUT2D eigenvalue weighted by Gasteiger charge is -2.39. The van der Waals surface area contributed by atoms with E-state index in [1.165, 1.54) is 28.0 Å². The molecule has 2 aliphatic heterocycles. The molecule has 0 amide bonds. The molecule has 4 nitrogen and oxygen atoms in total. The van der Waals surface area contributed by atoms with Gasteiger partial charge < -0.3 is 14.4 Å². The summed E-state index contributed by atoms with van der Waals surface area (Å²) in [6, 6.07) is 18.9. The summed E-state index contributed by atoms with van der Waals surface area (Å²) in [7, 11) is 4.13. The Morgan fingerprint density at radius 3 is 2.59 bits per heavy atom. The fourth-order valence-electron chi connectivity index (χ4n) is 6.84. The van der Waals surface area contributed by atoms with Gasteiger partial charge in [-0.2, -0.15) is 0 Å². The number of carbonyl (C=O) groups is 1. The summed E-state index contributed by atoms with van der Waals surface area (Å²) in [5, 5.41) is 0. The number of ether oxygens (including phenoxy) is 2. The molecule has 190 valence electrons. The molecule has 0 bridgehead atoms. The van der Waals surface area contributed by atoms with Crippen LogP contribution in [0.3, 0.4) is 0 Å². The number of ketones is 1. The summed E-state index contributed by atoms with van der Waals surface area (Å²) < 4.78 is 13.5. The van der Waals surface area contributed by atoms with Crippen molar-refractivity contribution in [1.82, 2.24) is 0 Å². The third-order valence-corrected chi connectivity index (χ3v) is 8.68. The third kappa shape index (κ3) is 4.56. The van der Waals surface area contributed by atoms with Crippen LogP contribution in [0.4, 0.5) is 5.69 Å². The molecule has 2 heterocycles. The van der Waals surface area contributed by atoms with E-state index < -0.39 is 5.60 Å². The van der Waals surface area contributed by atoms with Gasteiger partial charge in [-0.1, -0.05) is 42.2 Å². The predicted octanol–water partition coefficient (Wildman–Crippen LogP) is 6.04. The van der Waals surface area contributed by atoms with Gasteiger partial charge in [-0.05, 0) is 90.1 Å². The minimum atomic E-state index is -0.401. The lowest BCUT2D eigenvalue weighted by atomic mass is 9.65. The Bertz CT molecular complexity index is 1290. The van der Waals surface area contributed by atoms with E-state index in [-0.39, 0.29) is 11.9 Å². The maximum atomic E-state index is 12.3. The zero-order chi connectivity index (χ0) is 25.4. The van der Waals surface area contributed by atoms with Gasteiger partial charge in [0.05, 0.1) is 6.61 Å². The molecule has 0 saturated carbocycles. The first-order valence-electron chi connectivity index (χ1n) is 13.6. The molecule has 0 radical (unpaired) electrons. The summed E-state index contributed by atoms with van der Waals surface area (Å²) in [6.45, 7) is 1.29. The van der Waals surface area contributed by atoms with Crippen molar-refractivity contribution in [2.24, 2.45) is 11.8 Å². The van der Waals surface area contributed by atoms with Crippen molar-refractivity contribution in [3.63, 3.8) is 0 Å². The molecule has 4 atom stereocenters. The minimum Gasteiger partial charge on any atom is -0.378 e. The lowest BCUT2D eigenvalue weighted by Crippen LogP contribution is -2.42. The predicted molar refractivity (Wildman–Crippen MR) is 146 cm³/mol. The highest BCUT2D eigenvalue weighted by atomic mass is 16.6. The number of nitrogens with zero attached hydrogens (tertiary/aromatic N) is 1. The third-order valence-electron chi connectivity index (χ3n) is 8.68. The maximum absolute atomic E-state index is 12.3. The van der Waals surface area contributed by atoms with E-state index in [9.17, 15) is 4.79 Å². The van der Waals surface area contributed by atoms with Crippen LogP contribution in [0.15, 0.2) is 77.4 Å². The summed E-state index contributed by atoms with van der Waals surface area (Å²) in [5.41, 5.74) is 6.99. The van der Waals surface area contributed by atoms with Crippen LogP contribution in [0.2, 0.25) is 0 Å². The Hall–Kier alpha value is -3.13. The highest BCUT2D eigenvalue weighted by Crippen LogP contribution is 2.55. The number of fused-ring (bicyclic) bond motifs is 4. The average molecular weight is 494 g/mol. The Kier molecular flexibility index (Phi) is 6.53. The smallest absolute Gasteiger partial charge is 0.156 e. The van der Waals surface area contributed by atoms with Crippen molar-refractivity contribution < 1.29 is 14.3 Å². The monoisotopic (exact) mass is 493 g/mol. The highest BCUT2D eigenvalue weighted by Gasteiger charge is 2.53. The summed E-state index contributed by atoms with van der Waals surface area (Å²) in [4.78, 5) is 14.4. The number of hydrogen-bond donors (Lipinski definition) is 0. The van der Waals surface area contributed by atoms with E-state index in [1.807, 2.05) is 24.3 Å². The van der Waals surface area contributed by atoms with Gasteiger partial charge in [-0.3, -0.25) is 4.79 Å². The Labute approximate surface area is 220 Å². The van der Waals surface area contributed by atoms with Crippen LogP contribution < -0.4 is 4.90 Å². The summed E-state index contributed by atoms with van der Waals surface area (Å²) in [6.07, 6.45) is 6.89. The van der Waals surface area contributed by atoms with E-state index in [0.717, 1.165) is 37.9 Å². The standard InChI is InChI=1S/C33H35NO3/c1-34(2)26-13-10-24(11-14-26)32-31-28-17-15-27(35)21-25(28)12-16-29(31)30-18-20-37-33(30,22-36-32)19-6-9-23-7-4-3-5-8-23/h3-5,7-8,10-11,13-14,21,29-30,32H,12,15-20,22H2,1-2H3. The van der Waals surface area contributed by atoms with Crippen LogP contribution in [-0.4, -0.2) is 38.7 Å². The average Bonchev–Trinajstić information content (AvgIpc) is 3.27. The molecule has 2 aromatic rings. The lowest BCUT2D eigenvalue weighted by molar-refractivity contribution is -0.114. The zero-order valence-corrected chi connectivity index (χ0v) is 21.8. The molecule has 2 saturated heterocycles. The molecule has 2 aliphatic carbocycles. The number of rotatable bonds is 3. The molecule has 4 heteroatoms. The van der Waals surface area contributed by atoms with Crippen LogP contribution in [0.25, 0.3) is 0 Å². The highest BCUT2D eigenvalue weighted by molar-refractivity contribution is 5.93. The molecule has 2 fully saturated rings. The molecular weight excluding hydrogens is 458 g/mol. The SMILES string of the molecule is CN(C)c1ccc(C2OCC3(CC#Cc4ccccc4)OCCC3C3CCC4=CC(=O)CCC4=C23)cc1. The molecular formula is C33H35NO3.